The van der Waals surface area contributed by atoms with Gasteiger partial charge in [-0.3, -0.25) is 0 Å². The van der Waals surface area contributed by atoms with Gasteiger partial charge in [0, 0.05) is 6.20 Å². The van der Waals surface area contributed by atoms with Crippen LogP contribution in [0.5, 0.6) is 5.75 Å². The molecule has 22 heavy (non-hydrogen) atoms. The van der Waals surface area contributed by atoms with Crippen molar-refractivity contribution in [2.24, 2.45) is 0 Å². The number of nitrogens with zero attached hydrogens (tertiary/aromatic N) is 4. The van der Waals surface area contributed by atoms with E-state index in [1.165, 1.54) is 23.0 Å². The Kier molecular flexibility index (Phi) is 3.44. The summed E-state index contributed by atoms with van der Waals surface area (Å²) in [6, 6.07) is 6.26. The van der Waals surface area contributed by atoms with Crippen molar-refractivity contribution in [2.75, 3.05) is 0 Å². The molecule has 1 aromatic carbocycles. The van der Waals surface area contributed by atoms with Crippen LogP contribution >= 0.6 is 0 Å². The summed E-state index contributed by atoms with van der Waals surface area (Å²) in [4.78, 5) is 8.24. The van der Waals surface area contributed by atoms with Crippen LogP contribution in [-0.4, -0.2) is 19.6 Å². The molecule has 1 atom stereocenters. The predicted molar refractivity (Wildman–Crippen MR) is 71.3 cm³/mol. The SMILES string of the molecule is CC(Oc1ccc(C(F)(F)F)cc1)c1ccn2ncnc2n1. The first kappa shape index (κ1) is 14.3. The molecule has 2 aromatic heterocycles. The normalized spacial score (nSPS) is 13.3. The minimum absolute atomic E-state index is 0.337. The monoisotopic (exact) mass is 308 g/mol. The summed E-state index contributed by atoms with van der Waals surface area (Å²) >= 11 is 0. The van der Waals surface area contributed by atoms with Crippen LogP contribution in [0.2, 0.25) is 0 Å². The summed E-state index contributed by atoms with van der Waals surface area (Å²) < 4.78 is 44.6. The largest absolute Gasteiger partial charge is 0.484 e. The third kappa shape index (κ3) is 2.85. The minimum atomic E-state index is -4.36. The van der Waals surface area contributed by atoms with Crippen LogP contribution in [-0.2, 0) is 6.18 Å². The Morgan fingerprint density at radius 3 is 2.55 bits per heavy atom. The molecule has 114 valence electrons. The van der Waals surface area contributed by atoms with Gasteiger partial charge in [-0.25, -0.2) is 9.50 Å². The zero-order valence-electron chi connectivity index (χ0n) is 11.4. The maximum Gasteiger partial charge on any atom is 0.416 e. The number of halogens is 3. The Morgan fingerprint density at radius 1 is 1.14 bits per heavy atom. The number of rotatable bonds is 3. The molecule has 8 heteroatoms. The summed E-state index contributed by atoms with van der Waals surface area (Å²) in [5, 5.41) is 3.93. The fourth-order valence-electron chi connectivity index (χ4n) is 1.94. The van der Waals surface area contributed by atoms with E-state index in [4.69, 9.17) is 4.74 Å². The third-order valence-electron chi connectivity index (χ3n) is 3.08. The summed E-state index contributed by atoms with van der Waals surface area (Å²) in [6.45, 7) is 1.76. The van der Waals surface area contributed by atoms with E-state index in [9.17, 15) is 13.2 Å². The molecule has 0 radical (unpaired) electrons. The molecule has 3 rings (SSSR count). The zero-order valence-corrected chi connectivity index (χ0v) is 11.4. The first-order valence-electron chi connectivity index (χ1n) is 6.44. The molecular formula is C14H11F3N4O. The Hall–Kier alpha value is -2.64. The molecule has 0 saturated carbocycles. The lowest BCUT2D eigenvalue weighted by molar-refractivity contribution is -0.137. The highest BCUT2D eigenvalue weighted by Gasteiger charge is 2.30. The van der Waals surface area contributed by atoms with Gasteiger partial charge in [0.1, 0.15) is 18.2 Å². The van der Waals surface area contributed by atoms with Crippen LogP contribution in [0.1, 0.15) is 24.3 Å². The average molecular weight is 308 g/mol. The van der Waals surface area contributed by atoms with Gasteiger partial charge in [0.15, 0.2) is 0 Å². The highest BCUT2D eigenvalue weighted by atomic mass is 19.4. The molecule has 3 aromatic rings. The Bertz CT molecular complexity index is 783. The first-order chi connectivity index (χ1) is 10.4. The zero-order chi connectivity index (χ0) is 15.7. The van der Waals surface area contributed by atoms with E-state index in [0.717, 1.165) is 12.1 Å². The van der Waals surface area contributed by atoms with Crippen molar-refractivity contribution in [1.29, 1.82) is 0 Å². The summed E-state index contributed by atoms with van der Waals surface area (Å²) in [6.07, 6.45) is -1.71. The molecule has 0 fully saturated rings. The van der Waals surface area contributed by atoms with Gasteiger partial charge in [-0.05, 0) is 37.3 Å². The molecule has 5 nitrogen and oxygen atoms in total. The second-order valence-corrected chi connectivity index (χ2v) is 4.64. The number of alkyl halides is 3. The molecule has 0 spiro atoms. The Labute approximate surface area is 123 Å². The van der Waals surface area contributed by atoms with Gasteiger partial charge in [0.2, 0.25) is 0 Å². The number of aromatic nitrogens is 4. The van der Waals surface area contributed by atoms with E-state index in [0.29, 0.717) is 17.2 Å². The van der Waals surface area contributed by atoms with E-state index in [1.54, 1.807) is 19.2 Å². The van der Waals surface area contributed by atoms with Gasteiger partial charge in [-0.2, -0.15) is 23.3 Å². The lowest BCUT2D eigenvalue weighted by atomic mass is 10.2. The number of ether oxygens (including phenoxy) is 1. The lowest BCUT2D eigenvalue weighted by Gasteiger charge is -2.15. The number of hydrogen-bond donors (Lipinski definition) is 0. The maximum atomic E-state index is 12.5. The van der Waals surface area contributed by atoms with Crippen molar-refractivity contribution in [1.82, 2.24) is 19.6 Å². The van der Waals surface area contributed by atoms with Gasteiger partial charge in [0.25, 0.3) is 5.78 Å². The molecule has 0 N–H and O–H groups in total. The predicted octanol–water partition coefficient (Wildman–Crippen LogP) is 3.28. The fourth-order valence-corrected chi connectivity index (χ4v) is 1.94. The average Bonchev–Trinajstić information content (AvgIpc) is 2.94. The van der Waals surface area contributed by atoms with Crippen molar-refractivity contribution in [2.45, 2.75) is 19.2 Å². The Balaban J connectivity index is 1.77. The van der Waals surface area contributed by atoms with Gasteiger partial charge >= 0.3 is 6.18 Å². The molecule has 0 aliphatic heterocycles. The van der Waals surface area contributed by atoms with E-state index >= 15 is 0 Å². The summed E-state index contributed by atoms with van der Waals surface area (Å²) in [7, 11) is 0. The summed E-state index contributed by atoms with van der Waals surface area (Å²) in [5.41, 5.74) is -0.101. The molecule has 0 saturated heterocycles. The van der Waals surface area contributed by atoms with Crippen LogP contribution in [0.15, 0.2) is 42.9 Å². The molecular weight excluding hydrogens is 297 g/mol. The van der Waals surface area contributed by atoms with Crippen molar-refractivity contribution >= 4 is 5.78 Å². The second kappa shape index (κ2) is 5.28. The van der Waals surface area contributed by atoms with E-state index in [-0.39, 0.29) is 0 Å². The molecule has 0 aliphatic carbocycles. The standard InChI is InChI=1S/C14H11F3N4O/c1-9(12-6-7-21-13(20-12)18-8-19-21)22-11-4-2-10(3-5-11)14(15,16)17/h2-9H,1H3. The van der Waals surface area contributed by atoms with E-state index < -0.39 is 17.8 Å². The summed E-state index contributed by atoms with van der Waals surface area (Å²) in [5.74, 6) is 0.768. The molecule has 1 unspecified atom stereocenters. The van der Waals surface area contributed by atoms with Crippen LogP contribution in [0.25, 0.3) is 5.78 Å². The fraction of sp³-hybridized carbons (Fsp3) is 0.214. The third-order valence-corrected chi connectivity index (χ3v) is 3.08. The lowest BCUT2D eigenvalue weighted by Crippen LogP contribution is -2.08. The highest BCUT2D eigenvalue weighted by Crippen LogP contribution is 2.31. The second-order valence-electron chi connectivity index (χ2n) is 4.64. The van der Waals surface area contributed by atoms with E-state index in [2.05, 4.69) is 15.1 Å². The Morgan fingerprint density at radius 2 is 1.86 bits per heavy atom. The number of fused-ring (bicyclic) bond motifs is 1. The number of benzene rings is 1. The van der Waals surface area contributed by atoms with Crippen LogP contribution in [0, 0.1) is 0 Å². The molecule has 0 amide bonds. The quantitative estimate of drug-likeness (QED) is 0.745. The first-order valence-corrected chi connectivity index (χ1v) is 6.44. The van der Waals surface area contributed by atoms with Crippen LogP contribution in [0.3, 0.4) is 0 Å². The minimum Gasteiger partial charge on any atom is -0.484 e. The molecule has 2 heterocycles. The van der Waals surface area contributed by atoms with Crippen molar-refractivity contribution in [3.05, 3.63) is 54.1 Å². The van der Waals surface area contributed by atoms with E-state index in [1.807, 2.05) is 0 Å². The van der Waals surface area contributed by atoms with Crippen LogP contribution in [0.4, 0.5) is 13.2 Å². The number of hydrogen-bond acceptors (Lipinski definition) is 4. The van der Waals surface area contributed by atoms with Crippen LogP contribution < -0.4 is 4.74 Å². The van der Waals surface area contributed by atoms with Crippen molar-refractivity contribution in [3.63, 3.8) is 0 Å². The van der Waals surface area contributed by atoms with Gasteiger partial charge in [0.05, 0.1) is 11.3 Å². The molecule has 0 bridgehead atoms. The van der Waals surface area contributed by atoms with Gasteiger partial charge < -0.3 is 4.74 Å². The van der Waals surface area contributed by atoms with Gasteiger partial charge in [-0.15, -0.1) is 0 Å². The topological polar surface area (TPSA) is 52.3 Å². The van der Waals surface area contributed by atoms with Crippen molar-refractivity contribution in [3.8, 4) is 5.75 Å². The smallest absolute Gasteiger partial charge is 0.416 e. The van der Waals surface area contributed by atoms with Crippen molar-refractivity contribution < 1.29 is 17.9 Å². The molecule has 0 aliphatic rings. The van der Waals surface area contributed by atoms with Gasteiger partial charge in [-0.1, -0.05) is 0 Å². The highest BCUT2D eigenvalue weighted by molar-refractivity contribution is 5.30. The maximum absolute atomic E-state index is 12.5.